The second-order valence-electron chi connectivity index (χ2n) is 5.37. The van der Waals surface area contributed by atoms with Gasteiger partial charge < -0.3 is 4.74 Å². The SMILES string of the molecule is CCCn1nc(C(=O)OCc2cc(=O)n3ccccc3n2)ccc1=O. The van der Waals surface area contributed by atoms with Gasteiger partial charge in [-0.25, -0.2) is 14.5 Å². The quantitative estimate of drug-likeness (QED) is 0.644. The molecule has 0 N–H and O–H groups in total. The zero-order chi connectivity index (χ0) is 17.8. The maximum Gasteiger partial charge on any atom is 0.359 e. The third-order valence-electron chi connectivity index (χ3n) is 3.49. The molecule has 0 bridgehead atoms. The maximum absolute atomic E-state index is 12.1. The van der Waals surface area contributed by atoms with Gasteiger partial charge in [0.1, 0.15) is 12.3 Å². The number of hydrogen-bond donors (Lipinski definition) is 0. The largest absolute Gasteiger partial charge is 0.454 e. The van der Waals surface area contributed by atoms with E-state index in [0.717, 1.165) is 6.42 Å². The summed E-state index contributed by atoms with van der Waals surface area (Å²) in [6, 6.07) is 9.09. The molecule has 0 amide bonds. The van der Waals surface area contributed by atoms with Crippen LogP contribution in [0.2, 0.25) is 0 Å². The second kappa shape index (κ2) is 7.08. The predicted octanol–water partition coefficient (Wildman–Crippen LogP) is 1.02. The molecule has 0 radical (unpaired) electrons. The Hall–Kier alpha value is -3.29. The molecule has 0 aliphatic heterocycles. The van der Waals surface area contributed by atoms with Crippen molar-refractivity contribution in [2.24, 2.45) is 0 Å². The summed E-state index contributed by atoms with van der Waals surface area (Å²) in [4.78, 5) is 40.0. The summed E-state index contributed by atoms with van der Waals surface area (Å²) in [5.74, 6) is -0.681. The van der Waals surface area contributed by atoms with Crippen LogP contribution in [0.3, 0.4) is 0 Å². The average Bonchev–Trinajstić information content (AvgIpc) is 2.62. The number of fused-ring (bicyclic) bond motifs is 1. The summed E-state index contributed by atoms with van der Waals surface area (Å²) in [5.41, 5.74) is 0.307. The highest BCUT2D eigenvalue weighted by Crippen LogP contribution is 2.03. The third-order valence-corrected chi connectivity index (χ3v) is 3.49. The summed E-state index contributed by atoms with van der Waals surface area (Å²) in [7, 11) is 0. The molecule has 3 aromatic rings. The molecule has 3 heterocycles. The molecule has 0 atom stereocenters. The topological polar surface area (TPSA) is 95.6 Å². The molecule has 25 heavy (non-hydrogen) atoms. The highest BCUT2D eigenvalue weighted by Gasteiger charge is 2.12. The van der Waals surface area contributed by atoms with Crippen molar-refractivity contribution in [2.45, 2.75) is 26.5 Å². The lowest BCUT2D eigenvalue weighted by molar-refractivity contribution is 0.0457. The van der Waals surface area contributed by atoms with Crippen LogP contribution in [-0.2, 0) is 17.9 Å². The van der Waals surface area contributed by atoms with Gasteiger partial charge in [-0.1, -0.05) is 13.0 Å². The molecule has 0 unspecified atom stereocenters. The first-order valence-electron chi connectivity index (χ1n) is 7.81. The van der Waals surface area contributed by atoms with Gasteiger partial charge in [0.25, 0.3) is 11.1 Å². The lowest BCUT2D eigenvalue weighted by Gasteiger charge is -2.07. The van der Waals surface area contributed by atoms with E-state index in [1.54, 1.807) is 24.4 Å². The van der Waals surface area contributed by atoms with Crippen molar-refractivity contribution < 1.29 is 9.53 Å². The molecule has 0 saturated carbocycles. The molecule has 8 nitrogen and oxygen atoms in total. The normalized spacial score (nSPS) is 10.8. The Labute approximate surface area is 142 Å². The fraction of sp³-hybridized carbons (Fsp3) is 0.235. The zero-order valence-electron chi connectivity index (χ0n) is 13.6. The van der Waals surface area contributed by atoms with Crippen LogP contribution in [0, 0.1) is 0 Å². The van der Waals surface area contributed by atoms with Crippen molar-refractivity contribution in [2.75, 3.05) is 0 Å². The van der Waals surface area contributed by atoms with Crippen molar-refractivity contribution in [1.29, 1.82) is 0 Å². The molecular formula is C17H16N4O4. The van der Waals surface area contributed by atoms with Crippen LogP contribution in [0.5, 0.6) is 0 Å². The third kappa shape index (κ3) is 3.63. The standard InChI is InChI=1S/C17H16N4O4/c1-2-8-21-15(22)7-6-13(19-21)17(24)25-11-12-10-16(23)20-9-4-3-5-14(20)18-12/h3-7,9-10H,2,8,11H2,1H3. The number of ether oxygens (including phenoxy) is 1. The highest BCUT2D eigenvalue weighted by molar-refractivity contribution is 5.86. The molecule has 0 spiro atoms. The summed E-state index contributed by atoms with van der Waals surface area (Å²) >= 11 is 0. The number of pyridine rings is 1. The first kappa shape index (κ1) is 16.6. The number of carbonyl (C=O) groups is 1. The monoisotopic (exact) mass is 340 g/mol. The number of hydrogen-bond acceptors (Lipinski definition) is 6. The fourth-order valence-corrected chi connectivity index (χ4v) is 2.32. The second-order valence-corrected chi connectivity index (χ2v) is 5.37. The highest BCUT2D eigenvalue weighted by atomic mass is 16.5. The number of nitrogens with zero attached hydrogens (tertiary/aromatic N) is 4. The van der Waals surface area contributed by atoms with Crippen LogP contribution in [0.4, 0.5) is 0 Å². The summed E-state index contributed by atoms with van der Waals surface area (Å²) in [5, 5.41) is 3.99. The Balaban J connectivity index is 1.77. The van der Waals surface area contributed by atoms with E-state index in [-0.39, 0.29) is 23.4 Å². The van der Waals surface area contributed by atoms with Crippen LogP contribution in [0.25, 0.3) is 5.65 Å². The summed E-state index contributed by atoms with van der Waals surface area (Å²) in [6.45, 7) is 2.17. The molecule has 0 aromatic carbocycles. The molecule has 0 aliphatic rings. The smallest absolute Gasteiger partial charge is 0.359 e. The lowest BCUT2D eigenvalue weighted by atomic mass is 10.3. The first-order chi connectivity index (χ1) is 12.1. The van der Waals surface area contributed by atoms with E-state index < -0.39 is 5.97 Å². The summed E-state index contributed by atoms with van der Waals surface area (Å²) in [6.07, 6.45) is 2.33. The maximum atomic E-state index is 12.1. The van der Waals surface area contributed by atoms with E-state index in [4.69, 9.17) is 4.74 Å². The Morgan fingerprint density at radius 3 is 2.80 bits per heavy atom. The van der Waals surface area contributed by atoms with Gasteiger partial charge in [0.05, 0.1) is 5.69 Å². The van der Waals surface area contributed by atoms with Gasteiger partial charge in [0.2, 0.25) is 0 Å². The van der Waals surface area contributed by atoms with E-state index >= 15 is 0 Å². The average molecular weight is 340 g/mol. The molecular weight excluding hydrogens is 324 g/mol. The van der Waals surface area contributed by atoms with Crippen molar-refractivity contribution >= 4 is 11.6 Å². The molecule has 0 fully saturated rings. The molecule has 8 heteroatoms. The Morgan fingerprint density at radius 2 is 2.00 bits per heavy atom. The van der Waals surface area contributed by atoms with Crippen LogP contribution < -0.4 is 11.1 Å². The van der Waals surface area contributed by atoms with E-state index in [1.165, 1.54) is 27.3 Å². The van der Waals surface area contributed by atoms with Crippen LogP contribution in [0.1, 0.15) is 29.5 Å². The van der Waals surface area contributed by atoms with Crippen molar-refractivity contribution in [3.8, 4) is 0 Å². The van der Waals surface area contributed by atoms with Crippen molar-refractivity contribution in [3.63, 3.8) is 0 Å². The minimum absolute atomic E-state index is 0.0329. The Kier molecular flexibility index (Phi) is 4.69. The van der Waals surface area contributed by atoms with E-state index in [9.17, 15) is 14.4 Å². The van der Waals surface area contributed by atoms with E-state index in [1.807, 2.05) is 6.92 Å². The van der Waals surface area contributed by atoms with Crippen molar-refractivity contribution in [1.82, 2.24) is 19.2 Å². The number of aromatic nitrogens is 4. The van der Waals surface area contributed by atoms with Gasteiger partial charge in [0, 0.05) is 24.9 Å². The van der Waals surface area contributed by atoms with Crippen molar-refractivity contribution in [3.05, 3.63) is 74.7 Å². The van der Waals surface area contributed by atoms with Gasteiger partial charge in [-0.2, -0.15) is 5.10 Å². The summed E-state index contributed by atoms with van der Waals surface area (Å²) < 4.78 is 7.78. The number of aryl methyl sites for hydroxylation is 1. The number of esters is 1. The molecule has 3 aromatic heterocycles. The zero-order valence-corrected chi connectivity index (χ0v) is 13.6. The molecule has 3 rings (SSSR count). The van der Waals surface area contributed by atoms with Gasteiger partial charge in [-0.05, 0) is 24.6 Å². The number of rotatable bonds is 5. The van der Waals surface area contributed by atoms with Crippen LogP contribution >= 0.6 is 0 Å². The van der Waals surface area contributed by atoms with Crippen LogP contribution in [-0.4, -0.2) is 25.1 Å². The van der Waals surface area contributed by atoms with E-state index in [0.29, 0.717) is 17.9 Å². The minimum Gasteiger partial charge on any atom is -0.454 e. The van der Waals surface area contributed by atoms with Gasteiger partial charge in [-0.15, -0.1) is 0 Å². The molecule has 128 valence electrons. The van der Waals surface area contributed by atoms with Crippen LogP contribution in [0.15, 0.2) is 52.2 Å². The Morgan fingerprint density at radius 1 is 1.16 bits per heavy atom. The lowest BCUT2D eigenvalue weighted by Crippen LogP contribution is -2.25. The Bertz CT molecular complexity index is 1040. The van der Waals surface area contributed by atoms with Gasteiger partial charge in [-0.3, -0.25) is 14.0 Å². The minimum atomic E-state index is -0.681. The van der Waals surface area contributed by atoms with Gasteiger partial charge in [0.15, 0.2) is 5.69 Å². The predicted molar refractivity (Wildman–Crippen MR) is 89.4 cm³/mol. The first-order valence-corrected chi connectivity index (χ1v) is 7.81. The fourth-order valence-electron chi connectivity index (χ4n) is 2.32. The molecule has 0 aliphatic carbocycles. The van der Waals surface area contributed by atoms with E-state index in [2.05, 4.69) is 10.1 Å². The number of carbonyl (C=O) groups excluding carboxylic acids is 1. The van der Waals surface area contributed by atoms with Gasteiger partial charge >= 0.3 is 5.97 Å². The molecule has 0 saturated heterocycles.